The van der Waals surface area contributed by atoms with Gasteiger partial charge in [-0.3, -0.25) is 9.55 Å². The van der Waals surface area contributed by atoms with Crippen LogP contribution in [0.1, 0.15) is 0 Å². The first kappa shape index (κ1) is 16.7. The van der Waals surface area contributed by atoms with E-state index in [4.69, 9.17) is 9.47 Å². The number of hydrogen-bond acceptors (Lipinski definition) is 6. The molecule has 1 aliphatic rings. The van der Waals surface area contributed by atoms with Crippen LogP contribution in [0.4, 0.5) is 0 Å². The SMILES string of the molecule is Brc1ccc(-n2c(SCC3OCCO3)nnc2-c2ccncc2)cc1. The van der Waals surface area contributed by atoms with E-state index in [0.29, 0.717) is 19.0 Å². The van der Waals surface area contributed by atoms with Crippen LogP contribution >= 0.6 is 27.7 Å². The molecular formula is C17H15BrN4O2S. The third-order valence-corrected chi connectivity index (χ3v) is 5.19. The van der Waals surface area contributed by atoms with Gasteiger partial charge in [-0.2, -0.15) is 0 Å². The molecule has 0 N–H and O–H groups in total. The van der Waals surface area contributed by atoms with Gasteiger partial charge in [0.05, 0.1) is 19.0 Å². The Labute approximate surface area is 157 Å². The van der Waals surface area contributed by atoms with Crippen LogP contribution < -0.4 is 0 Å². The Morgan fingerprint density at radius 3 is 2.48 bits per heavy atom. The van der Waals surface area contributed by atoms with Crippen molar-refractivity contribution in [2.75, 3.05) is 19.0 Å². The topological polar surface area (TPSA) is 62.1 Å². The largest absolute Gasteiger partial charge is 0.349 e. The van der Waals surface area contributed by atoms with Gasteiger partial charge >= 0.3 is 0 Å². The van der Waals surface area contributed by atoms with Crippen molar-refractivity contribution in [2.24, 2.45) is 0 Å². The van der Waals surface area contributed by atoms with E-state index < -0.39 is 0 Å². The molecule has 4 rings (SSSR count). The summed E-state index contributed by atoms with van der Waals surface area (Å²) >= 11 is 5.05. The molecule has 0 radical (unpaired) electrons. The maximum Gasteiger partial charge on any atom is 0.196 e. The van der Waals surface area contributed by atoms with E-state index in [1.54, 1.807) is 24.2 Å². The van der Waals surface area contributed by atoms with Crippen molar-refractivity contribution in [2.45, 2.75) is 11.4 Å². The van der Waals surface area contributed by atoms with Gasteiger partial charge in [0.2, 0.25) is 0 Å². The number of thioether (sulfide) groups is 1. The molecule has 8 heteroatoms. The highest BCUT2D eigenvalue weighted by molar-refractivity contribution is 9.10. The Morgan fingerprint density at radius 2 is 1.76 bits per heavy atom. The molecule has 0 bridgehead atoms. The number of benzene rings is 1. The molecule has 128 valence electrons. The van der Waals surface area contributed by atoms with E-state index in [1.807, 2.05) is 41.0 Å². The second-order valence-corrected chi connectivity index (χ2v) is 7.24. The van der Waals surface area contributed by atoms with Crippen LogP contribution in [0.15, 0.2) is 58.4 Å². The van der Waals surface area contributed by atoms with Crippen LogP contribution in [0.2, 0.25) is 0 Å². The fraction of sp³-hybridized carbons (Fsp3) is 0.235. The second kappa shape index (κ2) is 7.65. The van der Waals surface area contributed by atoms with Gasteiger partial charge in [0, 0.05) is 28.1 Å². The number of halogens is 1. The van der Waals surface area contributed by atoms with Crippen molar-refractivity contribution >= 4 is 27.7 Å². The minimum absolute atomic E-state index is 0.190. The van der Waals surface area contributed by atoms with Gasteiger partial charge in [0.25, 0.3) is 0 Å². The summed E-state index contributed by atoms with van der Waals surface area (Å²) in [4.78, 5) is 4.08. The quantitative estimate of drug-likeness (QED) is 0.590. The Morgan fingerprint density at radius 1 is 1.04 bits per heavy atom. The molecule has 3 aromatic rings. The third kappa shape index (κ3) is 3.77. The van der Waals surface area contributed by atoms with Crippen LogP contribution in [0.25, 0.3) is 17.1 Å². The molecule has 1 aromatic carbocycles. The summed E-state index contributed by atoms with van der Waals surface area (Å²) in [5, 5.41) is 9.59. The predicted octanol–water partition coefficient (Wildman–Crippen LogP) is 3.56. The number of aromatic nitrogens is 4. The molecule has 3 heterocycles. The van der Waals surface area contributed by atoms with Crippen LogP contribution in [-0.2, 0) is 9.47 Å². The summed E-state index contributed by atoms with van der Waals surface area (Å²) in [5.41, 5.74) is 1.96. The number of nitrogens with zero attached hydrogens (tertiary/aromatic N) is 4. The van der Waals surface area contributed by atoms with Gasteiger partial charge < -0.3 is 9.47 Å². The standard InChI is InChI=1S/C17H15BrN4O2S/c18-13-1-3-14(4-2-13)22-16(12-5-7-19-8-6-12)20-21-17(22)25-11-15-23-9-10-24-15/h1-8,15H,9-11H2. The zero-order chi connectivity index (χ0) is 17.1. The summed E-state index contributed by atoms with van der Waals surface area (Å²) in [5.74, 6) is 1.45. The lowest BCUT2D eigenvalue weighted by molar-refractivity contribution is -0.0215. The number of hydrogen-bond donors (Lipinski definition) is 0. The molecule has 6 nitrogen and oxygen atoms in total. The highest BCUT2D eigenvalue weighted by Crippen LogP contribution is 2.29. The fourth-order valence-corrected chi connectivity index (χ4v) is 3.68. The minimum Gasteiger partial charge on any atom is -0.349 e. The smallest absolute Gasteiger partial charge is 0.196 e. The van der Waals surface area contributed by atoms with Crippen molar-refractivity contribution in [1.29, 1.82) is 0 Å². The van der Waals surface area contributed by atoms with E-state index in [-0.39, 0.29) is 6.29 Å². The zero-order valence-electron chi connectivity index (χ0n) is 13.2. The van der Waals surface area contributed by atoms with E-state index in [9.17, 15) is 0 Å². The molecule has 0 amide bonds. The molecule has 2 aromatic heterocycles. The number of rotatable bonds is 5. The van der Waals surface area contributed by atoms with Crippen molar-refractivity contribution in [3.63, 3.8) is 0 Å². The fourth-order valence-electron chi connectivity index (χ4n) is 2.52. The third-order valence-electron chi connectivity index (χ3n) is 3.70. The van der Waals surface area contributed by atoms with E-state index in [0.717, 1.165) is 26.7 Å². The van der Waals surface area contributed by atoms with Gasteiger partial charge in [-0.1, -0.05) is 27.7 Å². The Hall–Kier alpha value is -1.74. The summed E-state index contributed by atoms with van der Waals surface area (Å²) in [7, 11) is 0. The van der Waals surface area contributed by atoms with Gasteiger partial charge in [0.15, 0.2) is 17.3 Å². The molecule has 1 aliphatic heterocycles. The highest BCUT2D eigenvalue weighted by atomic mass is 79.9. The average Bonchev–Trinajstić information content (AvgIpc) is 3.31. The van der Waals surface area contributed by atoms with E-state index in [1.165, 1.54) is 0 Å². The monoisotopic (exact) mass is 418 g/mol. The van der Waals surface area contributed by atoms with Crippen LogP contribution in [0, 0.1) is 0 Å². The number of ether oxygens (including phenoxy) is 2. The molecule has 0 saturated carbocycles. The second-order valence-electron chi connectivity index (χ2n) is 5.34. The lowest BCUT2D eigenvalue weighted by Gasteiger charge is -2.12. The minimum atomic E-state index is -0.190. The lowest BCUT2D eigenvalue weighted by Crippen LogP contribution is -2.11. The first-order valence-electron chi connectivity index (χ1n) is 7.79. The summed E-state index contributed by atoms with van der Waals surface area (Å²) in [6.07, 6.45) is 3.32. The summed E-state index contributed by atoms with van der Waals surface area (Å²) in [6, 6.07) is 11.9. The number of pyridine rings is 1. The summed E-state index contributed by atoms with van der Waals surface area (Å²) in [6.45, 7) is 1.29. The highest BCUT2D eigenvalue weighted by Gasteiger charge is 2.20. The lowest BCUT2D eigenvalue weighted by atomic mass is 10.2. The Bertz CT molecular complexity index is 836. The molecule has 1 fully saturated rings. The van der Waals surface area contributed by atoms with Gasteiger partial charge in [-0.15, -0.1) is 10.2 Å². The average molecular weight is 419 g/mol. The molecular weight excluding hydrogens is 404 g/mol. The van der Waals surface area contributed by atoms with E-state index >= 15 is 0 Å². The van der Waals surface area contributed by atoms with Gasteiger partial charge in [-0.25, -0.2) is 0 Å². The molecule has 0 unspecified atom stereocenters. The van der Waals surface area contributed by atoms with Gasteiger partial charge in [0.1, 0.15) is 0 Å². The maximum atomic E-state index is 5.51. The normalized spacial score (nSPS) is 14.9. The Balaban J connectivity index is 1.70. The van der Waals surface area contributed by atoms with Crippen molar-refractivity contribution in [3.05, 3.63) is 53.3 Å². The van der Waals surface area contributed by atoms with Crippen molar-refractivity contribution in [1.82, 2.24) is 19.7 Å². The van der Waals surface area contributed by atoms with E-state index in [2.05, 4.69) is 31.1 Å². The predicted molar refractivity (Wildman–Crippen MR) is 98.7 cm³/mol. The molecule has 0 spiro atoms. The molecule has 0 atom stereocenters. The Kier molecular flexibility index (Phi) is 5.12. The molecule has 0 aliphatic carbocycles. The van der Waals surface area contributed by atoms with Crippen LogP contribution in [0.3, 0.4) is 0 Å². The zero-order valence-corrected chi connectivity index (χ0v) is 15.6. The first-order chi connectivity index (χ1) is 12.3. The van der Waals surface area contributed by atoms with Crippen LogP contribution in [0.5, 0.6) is 0 Å². The van der Waals surface area contributed by atoms with Crippen LogP contribution in [-0.4, -0.2) is 45.0 Å². The first-order valence-corrected chi connectivity index (χ1v) is 9.57. The van der Waals surface area contributed by atoms with Gasteiger partial charge in [-0.05, 0) is 36.4 Å². The molecule has 1 saturated heterocycles. The summed E-state index contributed by atoms with van der Waals surface area (Å²) < 4.78 is 14.1. The van der Waals surface area contributed by atoms with Crippen molar-refractivity contribution in [3.8, 4) is 17.1 Å². The molecule has 25 heavy (non-hydrogen) atoms. The van der Waals surface area contributed by atoms with Crippen molar-refractivity contribution < 1.29 is 9.47 Å². The maximum absolute atomic E-state index is 5.51.